The molecule has 0 fully saturated rings. The van der Waals surface area contributed by atoms with Crippen LogP contribution in [0.3, 0.4) is 0 Å². The number of carbonyl (C=O) groups is 2. The lowest BCUT2D eigenvalue weighted by Crippen LogP contribution is -2.41. The quantitative estimate of drug-likeness (QED) is 0.409. The molecule has 0 saturated heterocycles. The van der Waals surface area contributed by atoms with Crippen molar-refractivity contribution in [3.8, 4) is 11.6 Å². The van der Waals surface area contributed by atoms with E-state index in [4.69, 9.17) is 14.2 Å². The molecule has 0 bridgehead atoms. The van der Waals surface area contributed by atoms with E-state index in [1.807, 2.05) is 52.0 Å². The van der Waals surface area contributed by atoms with Crippen LogP contribution in [0.1, 0.15) is 56.5 Å². The number of carbonyl (C=O) groups excluding carboxylic acids is 1. The van der Waals surface area contributed by atoms with E-state index in [0.29, 0.717) is 23.9 Å². The number of benzene rings is 1. The number of carboxylic acids is 1. The summed E-state index contributed by atoms with van der Waals surface area (Å²) in [6, 6.07) is 8.85. The molecule has 2 rings (SSSR count). The molecule has 9 heteroatoms. The van der Waals surface area contributed by atoms with E-state index in [1.54, 1.807) is 12.0 Å². The number of aromatic nitrogens is 1. The van der Waals surface area contributed by atoms with E-state index in [1.165, 1.54) is 12.3 Å². The molecule has 1 unspecified atom stereocenters. The van der Waals surface area contributed by atoms with Gasteiger partial charge < -0.3 is 24.2 Å². The third-order valence-corrected chi connectivity index (χ3v) is 5.16. The van der Waals surface area contributed by atoms with Crippen LogP contribution in [0.25, 0.3) is 0 Å². The van der Waals surface area contributed by atoms with Gasteiger partial charge in [0, 0.05) is 23.3 Å². The summed E-state index contributed by atoms with van der Waals surface area (Å²) in [5.74, 6) is -0.293. The fraction of sp³-hybridized carbons (Fsp3) is 0.458. The van der Waals surface area contributed by atoms with Crippen LogP contribution in [0.5, 0.6) is 11.6 Å². The normalized spacial score (nSPS) is 12.1. The smallest absolute Gasteiger partial charge is 0.410 e. The van der Waals surface area contributed by atoms with Crippen LogP contribution in [0.4, 0.5) is 4.79 Å². The van der Waals surface area contributed by atoms with Crippen LogP contribution in [0.15, 0.2) is 41.0 Å². The van der Waals surface area contributed by atoms with Crippen molar-refractivity contribution in [1.29, 1.82) is 0 Å². The van der Waals surface area contributed by atoms with Crippen molar-refractivity contribution >= 4 is 28.0 Å². The first-order valence-corrected chi connectivity index (χ1v) is 11.4. The fourth-order valence-electron chi connectivity index (χ4n) is 3.05. The van der Waals surface area contributed by atoms with Crippen molar-refractivity contribution in [3.63, 3.8) is 0 Å². The maximum Gasteiger partial charge on any atom is 0.410 e. The van der Waals surface area contributed by atoms with Gasteiger partial charge in [-0.2, -0.15) is 0 Å². The van der Waals surface area contributed by atoms with E-state index in [0.717, 1.165) is 11.3 Å². The summed E-state index contributed by atoms with van der Waals surface area (Å²) in [5.41, 5.74) is 0.334. The molecule has 1 aromatic heterocycles. The van der Waals surface area contributed by atoms with Crippen LogP contribution >= 0.6 is 15.9 Å². The number of carboxylic acid groups (broad SMARTS) is 1. The first-order valence-electron chi connectivity index (χ1n) is 10.6. The number of pyridine rings is 1. The van der Waals surface area contributed by atoms with Crippen molar-refractivity contribution in [3.05, 3.63) is 52.1 Å². The van der Waals surface area contributed by atoms with Crippen LogP contribution in [0, 0.1) is 0 Å². The lowest BCUT2D eigenvalue weighted by atomic mass is 10.1. The molecule has 1 heterocycles. The Morgan fingerprint density at radius 2 is 1.88 bits per heavy atom. The average Bonchev–Trinajstić information content (AvgIpc) is 2.74. The molecule has 0 saturated carbocycles. The van der Waals surface area contributed by atoms with Gasteiger partial charge in [0.25, 0.3) is 0 Å². The number of nitrogens with zero attached hydrogens (tertiary/aromatic N) is 2. The SMILES string of the molecule is COc1ccc(CN(C(=O)OC(C)(C)C)C(C)CCCOc2ncc(Br)cc2C(=O)O)cc1. The first kappa shape index (κ1) is 26.4. The van der Waals surface area contributed by atoms with Gasteiger partial charge in [-0.25, -0.2) is 14.6 Å². The Balaban J connectivity index is 2.02. The van der Waals surface area contributed by atoms with Crippen LogP contribution in [0.2, 0.25) is 0 Å². The van der Waals surface area contributed by atoms with E-state index in [-0.39, 0.29) is 24.1 Å². The first-order chi connectivity index (χ1) is 15.5. The molecule has 33 heavy (non-hydrogen) atoms. The van der Waals surface area contributed by atoms with Crippen molar-refractivity contribution in [2.24, 2.45) is 0 Å². The van der Waals surface area contributed by atoms with Gasteiger partial charge in [-0.1, -0.05) is 12.1 Å². The Bertz CT molecular complexity index is 943. The van der Waals surface area contributed by atoms with Gasteiger partial charge in [-0.15, -0.1) is 0 Å². The fourth-order valence-corrected chi connectivity index (χ4v) is 3.38. The Labute approximate surface area is 203 Å². The van der Waals surface area contributed by atoms with E-state index >= 15 is 0 Å². The summed E-state index contributed by atoms with van der Waals surface area (Å²) in [5, 5.41) is 9.33. The highest BCUT2D eigenvalue weighted by atomic mass is 79.9. The molecule has 1 aromatic carbocycles. The zero-order chi connectivity index (χ0) is 24.6. The van der Waals surface area contributed by atoms with Crippen molar-refractivity contribution in [1.82, 2.24) is 9.88 Å². The van der Waals surface area contributed by atoms with E-state index in [9.17, 15) is 14.7 Å². The topological polar surface area (TPSA) is 98.2 Å². The molecule has 1 atom stereocenters. The third kappa shape index (κ3) is 8.57. The van der Waals surface area contributed by atoms with Gasteiger partial charge in [0.05, 0.1) is 13.7 Å². The minimum absolute atomic E-state index is 0.00712. The lowest BCUT2D eigenvalue weighted by molar-refractivity contribution is 0.0142. The number of hydrogen-bond acceptors (Lipinski definition) is 6. The summed E-state index contributed by atoms with van der Waals surface area (Å²) in [6.07, 6.45) is 2.33. The van der Waals surface area contributed by atoms with Crippen LogP contribution in [-0.2, 0) is 11.3 Å². The highest BCUT2D eigenvalue weighted by Crippen LogP contribution is 2.22. The second-order valence-electron chi connectivity index (χ2n) is 8.61. The second kappa shape index (κ2) is 11.9. The Kier molecular flexibility index (Phi) is 9.52. The largest absolute Gasteiger partial charge is 0.497 e. The second-order valence-corrected chi connectivity index (χ2v) is 9.52. The number of ether oxygens (including phenoxy) is 3. The number of amides is 1. The zero-order valence-corrected chi connectivity index (χ0v) is 21.2. The molecule has 8 nitrogen and oxygen atoms in total. The van der Waals surface area contributed by atoms with E-state index < -0.39 is 17.7 Å². The molecule has 180 valence electrons. The zero-order valence-electron chi connectivity index (χ0n) is 19.6. The molecule has 1 N–H and O–H groups in total. The Hall–Kier alpha value is -2.81. The molecular weight excluding hydrogens is 492 g/mol. The lowest BCUT2D eigenvalue weighted by Gasteiger charge is -2.32. The minimum Gasteiger partial charge on any atom is -0.497 e. The highest BCUT2D eigenvalue weighted by Gasteiger charge is 2.26. The van der Waals surface area contributed by atoms with Crippen molar-refractivity contribution < 1.29 is 28.9 Å². The summed E-state index contributed by atoms with van der Waals surface area (Å²) in [7, 11) is 1.61. The summed E-state index contributed by atoms with van der Waals surface area (Å²) in [4.78, 5) is 30.0. The predicted molar refractivity (Wildman–Crippen MR) is 128 cm³/mol. The molecule has 0 radical (unpaired) electrons. The Morgan fingerprint density at radius 1 is 1.21 bits per heavy atom. The predicted octanol–water partition coefficient (Wildman–Crippen LogP) is 5.54. The molecule has 0 spiro atoms. The number of hydrogen-bond donors (Lipinski definition) is 1. The molecule has 2 aromatic rings. The van der Waals surface area contributed by atoms with Gasteiger partial charge in [0.2, 0.25) is 5.88 Å². The van der Waals surface area contributed by atoms with Crippen LogP contribution < -0.4 is 9.47 Å². The van der Waals surface area contributed by atoms with Gasteiger partial charge in [-0.3, -0.25) is 0 Å². The third-order valence-electron chi connectivity index (χ3n) is 4.73. The molecule has 0 aliphatic heterocycles. The number of methoxy groups -OCH3 is 1. The number of aromatic carboxylic acids is 1. The van der Waals surface area contributed by atoms with Crippen molar-refractivity contribution in [2.45, 2.75) is 58.7 Å². The van der Waals surface area contributed by atoms with E-state index in [2.05, 4.69) is 20.9 Å². The van der Waals surface area contributed by atoms with Gasteiger partial charge in [0.15, 0.2) is 0 Å². The van der Waals surface area contributed by atoms with Crippen LogP contribution in [-0.4, -0.2) is 52.4 Å². The number of halogens is 1. The minimum atomic E-state index is -1.11. The standard InChI is InChI=1S/C24H31BrN2O6/c1-16(7-6-12-32-21-20(22(28)29)13-18(25)14-26-21)27(23(30)33-24(2,3)4)15-17-8-10-19(31-5)11-9-17/h8-11,13-14,16H,6-7,12,15H2,1-5H3,(H,28,29). The molecule has 0 aliphatic rings. The van der Waals surface area contributed by atoms with Gasteiger partial charge in [-0.05, 0) is 80.2 Å². The average molecular weight is 523 g/mol. The summed E-state index contributed by atoms with van der Waals surface area (Å²) in [6.45, 7) is 8.11. The maximum absolute atomic E-state index is 12.9. The maximum atomic E-state index is 12.9. The number of rotatable bonds is 10. The molecule has 0 aliphatic carbocycles. The molecular formula is C24H31BrN2O6. The van der Waals surface area contributed by atoms with Gasteiger partial charge in [0.1, 0.15) is 16.9 Å². The molecule has 1 amide bonds. The highest BCUT2D eigenvalue weighted by molar-refractivity contribution is 9.10. The van der Waals surface area contributed by atoms with Crippen molar-refractivity contribution in [2.75, 3.05) is 13.7 Å². The van der Waals surface area contributed by atoms with Gasteiger partial charge >= 0.3 is 12.1 Å². The summed E-state index contributed by atoms with van der Waals surface area (Å²) < 4.78 is 17.0. The monoisotopic (exact) mass is 522 g/mol. The Morgan fingerprint density at radius 3 is 2.45 bits per heavy atom. The summed E-state index contributed by atoms with van der Waals surface area (Å²) >= 11 is 3.21.